The molecule has 0 unspecified atom stereocenters. The van der Waals surface area contributed by atoms with Crippen LogP contribution in [0.15, 0.2) is 24.3 Å². The highest BCUT2D eigenvalue weighted by Crippen LogP contribution is 2.35. The van der Waals surface area contributed by atoms with Gasteiger partial charge in [0.05, 0.1) is 0 Å². The monoisotopic (exact) mass is 229 g/mol. The van der Waals surface area contributed by atoms with Crippen LogP contribution in [-0.4, -0.2) is 18.8 Å². The number of aryl methyl sites for hydroxylation is 1. The summed E-state index contributed by atoms with van der Waals surface area (Å²) in [4.78, 5) is 1.46. The Hall–Kier alpha value is -1.19. The molecule has 2 rings (SSSR count). The number of halogens is 3. The summed E-state index contributed by atoms with van der Waals surface area (Å²) in [6.07, 6.45) is -3.31. The molecule has 0 N–H and O–H groups in total. The Morgan fingerprint density at radius 1 is 1.19 bits per heavy atom. The maximum absolute atomic E-state index is 12.7. The second-order valence-electron chi connectivity index (χ2n) is 4.23. The van der Waals surface area contributed by atoms with E-state index in [4.69, 9.17) is 0 Å². The average molecular weight is 229 g/mol. The Labute approximate surface area is 92.9 Å². The highest BCUT2D eigenvalue weighted by molar-refractivity contribution is 5.49. The number of hydrogen-bond acceptors (Lipinski definition) is 1. The minimum Gasteiger partial charge on any atom is -0.360 e. The largest absolute Gasteiger partial charge is 0.408 e. The number of anilines is 1. The molecule has 4 heteroatoms. The van der Waals surface area contributed by atoms with Crippen molar-refractivity contribution in [2.45, 2.75) is 32.0 Å². The van der Waals surface area contributed by atoms with Crippen molar-refractivity contribution in [2.75, 3.05) is 11.4 Å². The summed E-state index contributed by atoms with van der Waals surface area (Å²) in [7, 11) is 0. The molecule has 1 saturated heterocycles. The Balaban J connectivity index is 2.23. The predicted octanol–water partition coefficient (Wildman–Crippen LogP) is 3.53. The molecule has 1 aliphatic heterocycles. The lowest BCUT2D eigenvalue weighted by Gasteiger charge is -2.28. The van der Waals surface area contributed by atoms with Gasteiger partial charge in [-0.2, -0.15) is 13.2 Å². The molecule has 0 bridgehead atoms. The fraction of sp³-hybridized carbons (Fsp3) is 0.500. The highest BCUT2D eigenvalue weighted by atomic mass is 19.4. The molecule has 0 saturated carbocycles. The third kappa shape index (κ3) is 2.15. The minimum atomic E-state index is -4.12. The summed E-state index contributed by atoms with van der Waals surface area (Å²) >= 11 is 0. The summed E-state index contributed by atoms with van der Waals surface area (Å²) in [5, 5.41) is 0. The van der Waals surface area contributed by atoms with Crippen LogP contribution in [0.1, 0.15) is 18.4 Å². The first-order valence-corrected chi connectivity index (χ1v) is 5.38. The van der Waals surface area contributed by atoms with Gasteiger partial charge < -0.3 is 4.90 Å². The molecular formula is C12H14F3N. The summed E-state index contributed by atoms with van der Waals surface area (Å²) in [6.45, 7) is 2.42. The number of nitrogens with zero attached hydrogens (tertiary/aromatic N) is 1. The molecule has 1 fully saturated rings. The van der Waals surface area contributed by atoms with Gasteiger partial charge in [0, 0.05) is 12.2 Å². The second kappa shape index (κ2) is 4.00. The molecule has 0 amide bonds. The molecule has 1 heterocycles. The van der Waals surface area contributed by atoms with Gasteiger partial charge in [-0.25, -0.2) is 0 Å². The first-order valence-electron chi connectivity index (χ1n) is 5.38. The van der Waals surface area contributed by atoms with Crippen molar-refractivity contribution >= 4 is 5.69 Å². The van der Waals surface area contributed by atoms with Crippen LogP contribution in [0.2, 0.25) is 0 Å². The highest BCUT2D eigenvalue weighted by Gasteiger charge is 2.45. The third-order valence-electron chi connectivity index (χ3n) is 3.00. The number of alkyl halides is 3. The SMILES string of the molecule is Cc1ccc(N2CCC[C@@H]2C(F)(F)F)cc1. The lowest BCUT2D eigenvalue weighted by atomic mass is 10.2. The van der Waals surface area contributed by atoms with Gasteiger partial charge in [-0.05, 0) is 31.9 Å². The van der Waals surface area contributed by atoms with Crippen LogP contribution in [0.3, 0.4) is 0 Å². The van der Waals surface area contributed by atoms with E-state index in [2.05, 4.69) is 0 Å². The molecular weight excluding hydrogens is 215 g/mol. The summed E-state index contributed by atoms with van der Waals surface area (Å²) < 4.78 is 38.2. The average Bonchev–Trinajstić information content (AvgIpc) is 2.66. The molecule has 0 radical (unpaired) electrons. The predicted molar refractivity (Wildman–Crippen MR) is 57.6 cm³/mol. The first-order chi connectivity index (χ1) is 7.48. The zero-order valence-corrected chi connectivity index (χ0v) is 9.09. The van der Waals surface area contributed by atoms with E-state index in [1.807, 2.05) is 19.1 Å². The Bertz CT molecular complexity index is 356. The third-order valence-corrected chi connectivity index (χ3v) is 3.00. The zero-order chi connectivity index (χ0) is 11.8. The van der Waals surface area contributed by atoms with Gasteiger partial charge in [0.15, 0.2) is 0 Å². The van der Waals surface area contributed by atoms with Gasteiger partial charge in [-0.15, -0.1) is 0 Å². The molecule has 1 aliphatic rings. The molecule has 0 aromatic heterocycles. The van der Waals surface area contributed by atoms with Crippen LogP contribution >= 0.6 is 0 Å². The van der Waals surface area contributed by atoms with Gasteiger partial charge in [-0.1, -0.05) is 17.7 Å². The van der Waals surface area contributed by atoms with Crippen LogP contribution in [0.4, 0.5) is 18.9 Å². The molecule has 0 aliphatic carbocycles. The van der Waals surface area contributed by atoms with Crippen LogP contribution in [0, 0.1) is 6.92 Å². The van der Waals surface area contributed by atoms with Crippen LogP contribution < -0.4 is 4.90 Å². The van der Waals surface area contributed by atoms with E-state index in [-0.39, 0.29) is 6.42 Å². The van der Waals surface area contributed by atoms with Gasteiger partial charge >= 0.3 is 6.18 Å². The van der Waals surface area contributed by atoms with Crippen LogP contribution in [0.25, 0.3) is 0 Å². The van der Waals surface area contributed by atoms with Crippen molar-refractivity contribution in [3.05, 3.63) is 29.8 Å². The van der Waals surface area contributed by atoms with Gasteiger partial charge in [-0.3, -0.25) is 0 Å². The molecule has 1 nitrogen and oxygen atoms in total. The molecule has 0 spiro atoms. The summed E-state index contributed by atoms with van der Waals surface area (Å²) in [6, 6.07) is 5.91. The van der Waals surface area contributed by atoms with Crippen LogP contribution in [-0.2, 0) is 0 Å². The number of benzene rings is 1. The lowest BCUT2D eigenvalue weighted by molar-refractivity contribution is -0.145. The van der Waals surface area contributed by atoms with Crippen molar-refractivity contribution in [1.82, 2.24) is 0 Å². The van der Waals surface area contributed by atoms with E-state index < -0.39 is 12.2 Å². The topological polar surface area (TPSA) is 3.24 Å². The van der Waals surface area contributed by atoms with E-state index in [1.54, 1.807) is 12.1 Å². The van der Waals surface area contributed by atoms with Crippen molar-refractivity contribution in [3.8, 4) is 0 Å². The maximum atomic E-state index is 12.7. The Kier molecular flexibility index (Phi) is 2.82. The summed E-state index contributed by atoms with van der Waals surface area (Å²) in [5.41, 5.74) is 1.73. The zero-order valence-electron chi connectivity index (χ0n) is 9.09. The second-order valence-corrected chi connectivity index (χ2v) is 4.23. The van der Waals surface area contributed by atoms with Crippen molar-refractivity contribution in [2.24, 2.45) is 0 Å². The Morgan fingerprint density at radius 2 is 1.81 bits per heavy atom. The first kappa shape index (κ1) is 11.3. The van der Waals surface area contributed by atoms with E-state index >= 15 is 0 Å². The van der Waals surface area contributed by atoms with Gasteiger partial charge in [0.2, 0.25) is 0 Å². The van der Waals surface area contributed by atoms with Crippen molar-refractivity contribution in [3.63, 3.8) is 0 Å². The standard InChI is InChI=1S/C12H14F3N/c1-9-4-6-10(7-5-9)16-8-2-3-11(16)12(13,14)15/h4-7,11H,2-3,8H2,1H3/t11-/m1/s1. The number of rotatable bonds is 1. The van der Waals surface area contributed by atoms with E-state index in [0.717, 1.165) is 5.56 Å². The maximum Gasteiger partial charge on any atom is 0.408 e. The van der Waals surface area contributed by atoms with E-state index in [1.165, 1.54) is 4.90 Å². The normalized spacial score (nSPS) is 21.5. The van der Waals surface area contributed by atoms with Gasteiger partial charge in [0.1, 0.15) is 6.04 Å². The molecule has 1 aromatic rings. The van der Waals surface area contributed by atoms with Gasteiger partial charge in [0.25, 0.3) is 0 Å². The fourth-order valence-electron chi connectivity index (χ4n) is 2.15. The molecule has 1 atom stereocenters. The Morgan fingerprint density at radius 3 is 2.38 bits per heavy atom. The molecule has 16 heavy (non-hydrogen) atoms. The molecule has 1 aromatic carbocycles. The number of hydrogen-bond donors (Lipinski definition) is 0. The van der Waals surface area contributed by atoms with E-state index in [0.29, 0.717) is 18.7 Å². The van der Waals surface area contributed by atoms with Crippen molar-refractivity contribution < 1.29 is 13.2 Å². The van der Waals surface area contributed by atoms with Crippen molar-refractivity contribution in [1.29, 1.82) is 0 Å². The molecule has 88 valence electrons. The smallest absolute Gasteiger partial charge is 0.360 e. The summed E-state index contributed by atoms with van der Waals surface area (Å²) in [5.74, 6) is 0. The quantitative estimate of drug-likeness (QED) is 0.712. The minimum absolute atomic E-state index is 0.206. The fourth-order valence-corrected chi connectivity index (χ4v) is 2.15. The lowest BCUT2D eigenvalue weighted by Crippen LogP contribution is -2.41. The van der Waals surface area contributed by atoms with Crippen LogP contribution in [0.5, 0.6) is 0 Å². The van der Waals surface area contributed by atoms with E-state index in [9.17, 15) is 13.2 Å².